The van der Waals surface area contributed by atoms with E-state index >= 15 is 0 Å². The SMILES string of the molecule is O=C(O)c1cc2c(nc(CN3CCC(c4cccc5c4OC[C@H](c4ccc(Cl)cn4)O5)CC3)n2C[C@@H]2CCO2)s1. The molecular weight excluding hydrogens is 552 g/mol. The number of pyridine rings is 1. The largest absolute Gasteiger partial charge is 0.485 e. The second-order valence-corrected chi connectivity index (χ2v) is 12.0. The van der Waals surface area contributed by atoms with Gasteiger partial charge in [0, 0.05) is 18.4 Å². The van der Waals surface area contributed by atoms with Crippen LogP contribution in [0.5, 0.6) is 11.5 Å². The van der Waals surface area contributed by atoms with Crippen molar-refractivity contribution >= 4 is 39.3 Å². The van der Waals surface area contributed by atoms with E-state index in [1.165, 1.54) is 16.9 Å². The summed E-state index contributed by atoms with van der Waals surface area (Å²) in [6.07, 6.45) is 4.56. The molecule has 3 aliphatic rings. The number of fused-ring (bicyclic) bond motifs is 2. The maximum atomic E-state index is 11.5. The molecule has 2 atom stereocenters. The molecule has 4 aromatic rings. The van der Waals surface area contributed by atoms with Gasteiger partial charge in [-0.3, -0.25) is 9.88 Å². The molecular formula is C29H29ClN4O5S. The van der Waals surface area contributed by atoms with Crippen LogP contribution in [0.15, 0.2) is 42.6 Å². The van der Waals surface area contributed by atoms with E-state index in [0.717, 1.165) is 78.9 Å². The highest BCUT2D eigenvalue weighted by Gasteiger charge is 2.31. The van der Waals surface area contributed by atoms with Crippen molar-refractivity contribution in [2.75, 3.05) is 26.3 Å². The smallest absolute Gasteiger partial charge is 0.346 e. The van der Waals surface area contributed by atoms with Gasteiger partial charge in [0.05, 0.1) is 35.4 Å². The van der Waals surface area contributed by atoms with Gasteiger partial charge in [-0.15, -0.1) is 11.3 Å². The van der Waals surface area contributed by atoms with Gasteiger partial charge in [-0.25, -0.2) is 9.78 Å². The lowest BCUT2D eigenvalue weighted by molar-refractivity contribution is -0.0592. The summed E-state index contributed by atoms with van der Waals surface area (Å²) in [6.45, 7) is 4.50. The lowest BCUT2D eigenvalue weighted by Gasteiger charge is -2.34. The normalized spacial score (nSPS) is 21.4. The Morgan fingerprint density at radius 1 is 1.18 bits per heavy atom. The van der Waals surface area contributed by atoms with E-state index in [2.05, 4.69) is 20.5 Å². The number of carbonyl (C=O) groups is 1. The Balaban J connectivity index is 1.04. The highest BCUT2D eigenvalue weighted by atomic mass is 35.5. The summed E-state index contributed by atoms with van der Waals surface area (Å²) in [6, 6.07) is 11.6. The number of halogens is 1. The van der Waals surface area contributed by atoms with E-state index in [4.69, 9.17) is 30.8 Å². The number of imidazole rings is 1. The number of carboxylic acid groups (broad SMARTS) is 1. The molecule has 1 aromatic carbocycles. The van der Waals surface area contributed by atoms with Gasteiger partial charge in [0.2, 0.25) is 0 Å². The number of aromatic nitrogens is 3. The Bertz CT molecular complexity index is 1540. The fourth-order valence-electron chi connectivity index (χ4n) is 5.80. The Morgan fingerprint density at radius 2 is 2.02 bits per heavy atom. The van der Waals surface area contributed by atoms with Gasteiger partial charge in [-0.2, -0.15) is 0 Å². The summed E-state index contributed by atoms with van der Waals surface area (Å²) in [5, 5.41) is 10.0. The summed E-state index contributed by atoms with van der Waals surface area (Å²) in [5.41, 5.74) is 2.89. The van der Waals surface area contributed by atoms with Crippen molar-refractivity contribution in [2.45, 2.75) is 50.5 Å². The summed E-state index contributed by atoms with van der Waals surface area (Å²) in [5.74, 6) is 2.05. The molecule has 208 valence electrons. The van der Waals surface area contributed by atoms with E-state index < -0.39 is 5.97 Å². The maximum absolute atomic E-state index is 11.5. The van der Waals surface area contributed by atoms with Crippen LogP contribution in [-0.2, 0) is 17.8 Å². The first kappa shape index (κ1) is 25.8. The van der Waals surface area contributed by atoms with Crippen LogP contribution < -0.4 is 9.47 Å². The monoisotopic (exact) mass is 580 g/mol. The van der Waals surface area contributed by atoms with Crippen molar-refractivity contribution in [1.82, 2.24) is 19.4 Å². The molecule has 6 heterocycles. The molecule has 0 bridgehead atoms. The lowest BCUT2D eigenvalue weighted by Crippen LogP contribution is -2.35. The molecule has 0 aliphatic carbocycles. The summed E-state index contributed by atoms with van der Waals surface area (Å²) in [4.78, 5) is 24.3. The number of ether oxygens (including phenoxy) is 3. The number of hydrogen-bond acceptors (Lipinski definition) is 8. The van der Waals surface area contributed by atoms with E-state index in [-0.39, 0.29) is 12.2 Å². The average Bonchev–Trinajstić information content (AvgIpc) is 3.49. The van der Waals surface area contributed by atoms with Crippen molar-refractivity contribution in [1.29, 1.82) is 0 Å². The fraction of sp³-hybridized carbons (Fsp3) is 0.414. The Hall–Kier alpha value is -3.18. The number of likely N-dealkylation sites (tertiary alicyclic amines) is 1. The van der Waals surface area contributed by atoms with Gasteiger partial charge in [0.1, 0.15) is 22.1 Å². The highest BCUT2D eigenvalue weighted by Crippen LogP contribution is 2.44. The maximum Gasteiger partial charge on any atom is 0.346 e. The number of aromatic carboxylic acids is 1. The van der Waals surface area contributed by atoms with Gasteiger partial charge < -0.3 is 23.9 Å². The molecule has 0 spiro atoms. The molecule has 2 saturated heterocycles. The van der Waals surface area contributed by atoms with Crippen LogP contribution in [0, 0.1) is 0 Å². The van der Waals surface area contributed by atoms with Crippen molar-refractivity contribution in [3.05, 3.63) is 69.6 Å². The zero-order valence-electron chi connectivity index (χ0n) is 21.8. The topological polar surface area (TPSA) is 98.9 Å². The second-order valence-electron chi connectivity index (χ2n) is 10.6. The molecule has 0 amide bonds. The lowest BCUT2D eigenvalue weighted by atomic mass is 9.88. The van der Waals surface area contributed by atoms with Crippen molar-refractivity contribution < 1.29 is 24.1 Å². The first-order valence-corrected chi connectivity index (χ1v) is 14.8. The molecule has 0 saturated carbocycles. The molecule has 1 N–H and O–H groups in total. The highest BCUT2D eigenvalue weighted by molar-refractivity contribution is 7.20. The number of carboxylic acids is 1. The van der Waals surface area contributed by atoms with Crippen LogP contribution >= 0.6 is 22.9 Å². The number of para-hydroxylation sites is 1. The number of piperidine rings is 1. The van der Waals surface area contributed by atoms with Gasteiger partial charge in [-0.05, 0) is 62.5 Å². The van der Waals surface area contributed by atoms with Crippen LogP contribution in [-0.4, -0.2) is 62.9 Å². The van der Waals surface area contributed by atoms with Crippen LogP contribution in [0.4, 0.5) is 0 Å². The van der Waals surface area contributed by atoms with Gasteiger partial charge in [-0.1, -0.05) is 23.7 Å². The zero-order chi connectivity index (χ0) is 27.2. The molecule has 11 heteroatoms. The van der Waals surface area contributed by atoms with Gasteiger partial charge >= 0.3 is 5.97 Å². The third-order valence-corrected chi connectivity index (χ3v) is 9.28. The van der Waals surface area contributed by atoms with Gasteiger partial charge in [0.15, 0.2) is 17.6 Å². The summed E-state index contributed by atoms with van der Waals surface area (Å²) in [7, 11) is 0. The van der Waals surface area contributed by atoms with Crippen molar-refractivity contribution in [2.24, 2.45) is 0 Å². The molecule has 40 heavy (non-hydrogen) atoms. The quantitative estimate of drug-likeness (QED) is 0.305. The number of hydrogen-bond donors (Lipinski definition) is 1. The van der Waals surface area contributed by atoms with E-state index in [1.54, 1.807) is 12.3 Å². The third-order valence-electron chi connectivity index (χ3n) is 8.05. The predicted octanol–water partition coefficient (Wildman–Crippen LogP) is 5.53. The first-order chi connectivity index (χ1) is 19.5. The minimum Gasteiger partial charge on any atom is -0.485 e. The summed E-state index contributed by atoms with van der Waals surface area (Å²) < 4.78 is 20.4. The van der Waals surface area contributed by atoms with Crippen molar-refractivity contribution in [3.63, 3.8) is 0 Å². The molecule has 2 fully saturated rings. The number of nitrogens with zero attached hydrogens (tertiary/aromatic N) is 4. The molecule has 7 rings (SSSR count). The summed E-state index contributed by atoms with van der Waals surface area (Å²) >= 11 is 7.23. The van der Waals surface area contributed by atoms with E-state index in [9.17, 15) is 9.90 Å². The molecule has 0 unspecified atom stereocenters. The number of benzene rings is 1. The van der Waals surface area contributed by atoms with Gasteiger partial charge in [0.25, 0.3) is 0 Å². The van der Waals surface area contributed by atoms with Crippen molar-refractivity contribution in [3.8, 4) is 11.5 Å². The zero-order valence-corrected chi connectivity index (χ0v) is 23.4. The minimum absolute atomic E-state index is 0.164. The average molecular weight is 581 g/mol. The third kappa shape index (κ3) is 4.94. The number of thiophene rings is 1. The van der Waals surface area contributed by atoms with Crippen LogP contribution in [0.25, 0.3) is 10.3 Å². The van der Waals surface area contributed by atoms with E-state index in [0.29, 0.717) is 29.0 Å². The minimum atomic E-state index is -0.910. The Labute approximate surface area is 240 Å². The fourth-order valence-corrected chi connectivity index (χ4v) is 6.80. The Morgan fingerprint density at radius 3 is 2.75 bits per heavy atom. The van der Waals surface area contributed by atoms with Crippen LogP contribution in [0.3, 0.4) is 0 Å². The molecule has 3 aliphatic heterocycles. The van der Waals surface area contributed by atoms with Crippen LogP contribution in [0.1, 0.15) is 58.0 Å². The number of rotatable bonds is 7. The van der Waals surface area contributed by atoms with E-state index in [1.807, 2.05) is 24.3 Å². The molecule has 9 nitrogen and oxygen atoms in total. The second kappa shape index (κ2) is 10.7. The Kier molecular flexibility index (Phi) is 6.87. The standard InChI is InChI=1S/C29H29ClN4O5S/c30-18-4-5-21(31-13-18)24-16-38-27-20(2-1-3-23(27)39-24)17-6-9-33(10-7-17)15-26-32-28-22(12-25(40-28)29(35)36)34(26)14-19-8-11-37-19/h1-5,12-13,17,19,24H,6-11,14-16H2,(H,35,36)/t19-,24+/m0/s1. The molecule has 3 aromatic heterocycles. The van der Waals surface area contributed by atoms with Crippen LogP contribution in [0.2, 0.25) is 5.02 Å². The predicted molar refractivity (Wildman–Crippen MR) is 151 cm³/mol. The molecule has 0 radical (unpaired) electrons. The first-order valence-electron chi connectivity index (χ1n) is 13.6.